The van der Waals surface area contributed by atoms with Crippen LogP contribution in [0.15, 0.2) is 105 Å². The van der Waals surface area contributed by atoms with Gasteiger partial charge in [0.1, 0.15) is 17.2 Å². The molecule has 9 nitrogen and oxygen atoms in total. The van der Waals surface area contributed by atoms with Gasteiger partial charge in [-0.1, -0.05) is 41.7 Å². The van der Waals surface area contributed by atoms with E-state index in [0.29, 0.717) is 37.8 Å². The molecule has 0 saturated heterocycles. The van der Waals surface area contributed by atoms with Crippen LogP contribution in [0.25, 0.3) is 23.0 Å². The summed E-state index contributed by atoms with van der Waals surface area (Å²) in [5, 5.41) is 4.92. The minimum absolute atomic E-state index is 0.199. The van der Waals surface area contributed by atoms with E-state index in [1.807, 2.05) is 72.9 Å². The van der Waals surface area contributed by atoms with Crippen molar-refractivity contribution < 1.29 is 19.0 Å². The van der Waals surface area contributed by atoms with Crippen LogP contribution in [0, 0.1) is 0 Å². The molecular weight excluding hydrogens is 656 g/mol. The third kappa shape index (κ3) is 5.76. The van der Waals surface area contributed by atoms with Crippen LogP contribution in [0.1, 0.15) is 31.0 Å². The molecule has 228 valence electrons. The number of rotatable bonds is 8. The van der Waals surface area contributed by atoms with Gasteiger partial charge in [-0.3, -0.25) is 9.36 Å². The number of hydrogen-bond donors (Lipinski definition) is 0. The van der Waals surface area contributed by atoms with Crippen molar-refractivity contribution in [3.8, 4) is 28.4 Å². The average Bonchev–Trinajstić information content (AvgIpc) is 3.61. The van der Waals surface area contributed by atoms with Gasteiger partial charge in [-0.15, -0.1) is 0 Å². The topological polar surface area (TPSA) is 96.9 Å². The first-order chi connectivity index (χ1) is 21.8. The van der Waals surface area contributed by atoms with E-state index in [4.69, 9.17) is 24.3 Å². The van der Waals surface area contributed by atoms with Crippen molar-refractivity contribution in [2.24, 2.45) is 4.99 Å². The second-order valence-electron chi connectivity index (χ2n) is 10.1. The van der Waals surface area contributed by atoms with Gasteiger partial charge in [-0.2, -0.15) is 5.10 Å². The van der Waals surface area contributed by atoms with Crippen LogP contribution in [-0.4, -0.2) is 41.1 Å². The summed E-state index contributed by atoms with van der Waals surface area (Å²) >= 11 is 4.85. The molecular formula is C34H29BrN4O5S. The lowest BCUT2D eigenvalue weighted by molar-refractivity contribution is -0.139. The normalized spacial score (nSPS) is 14.6. The van der Waals surface area contributed by atoms with Crippen LogP contribution in [-0.2, 0) is 9.53 Å². The average molecular weight is 686 g/mol. The molecule has 11 heteroatoms. The molecule has 0 N–H and O–H groups in total. The first-order valence-corrected chi connectivity index (χ1v) is 15.8. The lowest BCUT2D eigenvalue weighted by Crippen LogP contribution is -2.39. The van der Waals surface area contributed by atoms with E-state index in [1.165, 1.54) is 11.3 Å². The number of benzene rings is 3. The summed E-state index contributed by atoms with van der Waals surface area (Å²) in [6.45, 7) is 3.72. The Morgan fingerprint density at radius 2 is 1.80 bits per heavy atom. The molecule has 1 aliphatic heterocycles. The molecule has 5 aromatic rings. The smallest absolute Gasteiger partial charge is 0.338 e. The highest BCUT2D eigenvalue weighted by Gasteiger charge is 2.33. The van der Waals surface area contributed by atoms with Crippen molar-refractivity contribution in [3.63, 3.8) is 0 Å². The Bertz CT molecular complexity index is 2110. The number of carbonyl (C=O) groups excluding carboxylic acids is 1. The fourth-order valence-corrected chi connectivity index (χ4v) is 6.86. The standard InChI is InChI=1S/C34H29BrN4O5S/c1-5-44-33(41)29-20(2)36-34-39(31(29)21-11-14-25(42-3)15-12-21)32(40)28(45-34)18-23-19-38(24-9-7-6-8-10-24)37-30(23)22-13-16-27(43-4)26(35)17-22/h6-19,31H,5H2,1-4H3/b28-18-. The maximum absolute atomic E-state index is 14.3. The van der Waals surface area contributed by atoms with Crippen LogP contribution < -0.4 is 24.4 Å². The number of fused-ring (bicyclic) bond motifs is 1. The number of halogens is 1. The lowest BCUT2D eigenvalue weighted by Gasteiger charge is -2.24. The number of carbonyl (C=O) groups is 1. The molecule has 2 aromatic heterocycles. The quantitative estimate of drug-likeness (QED) is 0.202. The SMILES string of the molecule is CCOC(=O)C1=C(C)N=c2s/c(=C\c3cn(-c4ccccc4)nc3-c3ccc(OC)c(Br)c3)c(=O)n2C1c1ccc(OC)cc1. The first kappa shape index (κ1) is 30.3. The van der Waals surface area contributed by atoms with E-state index in [0.717, 1.165) is 26.9 Å². The van der Waals surface area contributed by atoms with Crippen molar-refractivity contribution in [1.29, 1.82) is 0 Å². The lowest BCUT2D eigenvalue weighted by atomic mass is 9.96. The largest absolute Gasteiger partial charge is 0.497 e. The molecule has 0 aliphatic carbocycles. The predicted octanol–water partition coefficient (Wildman–Crippen LogP) is 5.43. The third-order valence-corrected chi connectivity index (χ3v) is 9.03. The summed E-state index contributed by atoms with van der Waals surface area (Å²) < 4.78 is 20.8. The molecule has 0 saturated carbocycles. The van der Waals surface area contributed by atoms with Crippen molar-refractivity contribution in [1.82, 2.24) is 14.3 Å². The zero-order chi connectivity index (χ0) is 31.7. The minimum Gasteiger partial charge on any atom is -0.497 e. The summed E-state index contributed by atoms with van der Waals surface area (Å²) in [4.78, 5) is 32.7. The fourth-order valence-electron chi connectivity index (χ4n) is 5.28. The summed E-state index contributed by atoms with van der Waals surface area (Å²) in [6.07, 6.45) is 3.73. The molecule has 3 aromatic carbocycles. The zero-order valence-corrected chi connectivity index (χ0v) is 27.4. The van der Waals surface area contributed by atoms with Crippen LogP contribution in [0.3, 0.4) is 0 Å². The second kappa shape index (κ2) is 12.7. The molecule has 45 heavy (non-hydrogen) atoms. The number of ether oxygens (including phenoxy) is 3. The number of allylic oxidation sites excluding steroid dienone is 1. The highest BCUT2D eigenvalue weighted by Crippen LogP contribution is 2.33. The van der Waals surface area contributed by atoms with E-state index in [2.05, 4.69) is 15.9 Å². The van der Waals surface area contributed by atoms with Gasteiger partial charge in [-0.25, -0.2) is 14.5 Å². The monoisotopic (exact) mass is 684 g/mol. The Kier molecular flexibility index (Phi) is 8.55. The maximum atomic E-state index is 14.3. The van der Waals surface area contributed by atoms with Crippen LogP contribution in [0.4, 0.5) is 0 Å². The molecule has 6 rings (SSSR count). The summed E-state index contributed by atoms with van der Waals surface area (Å²) in [5.74, 6) is 0.852. The van der Waals surface area contributed by atoms with Crippen molar-refractivity contribution in [2.75, 3.05) is 20.8 Å². The first-order valence-electron chi connectivity index (χ1n) is 14.2. The Labute approximate surface area is 271 Å². The third-order valence-electron chi connectivity index (χ3n) is 7.42. The van der Waals surface area contributed by atoms with Crippen molar-refractivity contribution in [3.05, 3.63) is 126 Å². The number of methoxy groups -OCH3 is 2. The fraction of sp³-hybridized carbons (Fsp3) is 0.176. The second-order valence-corrected chi connectivity index (χ2v) is 12.0. The Morgan fingerprint density at radius 1 is 1.04 bits per heavy atom. The number of thiazole rings is 1. The van der Waals surface area contributed by atoms with Gasteiger partial charge in [0, 0.05) is 17.3 Å². The number of nitrogens with zero attached hydrogens (tertiary/aromatic N) is 4. The molecule has 0 fully saturated rings. The summed E-state index contributed by atoms with van der Waals surface area (Å²) in [5.41, 5.74) is 4.43. The minimum atomic E-state index is -0.725. The number of esters is 1. The molecule has 1 atom stereocenters. The molecule has 1 unspecified atom stereocenters. The van der Waals surface area contributed by atoms with E-state index < -0.39 is 12.0 Å². The van der Waals surface area contributed by atoms with E-state index in [1.54, 1.807) is 49.4 Å². The number of para-hydroxylation sites is 1. The number of hydrogen-bond acceptors (Lipinski definition) is 8. The maximum Gasteiger partial charge on any atom is 0.338 e. The summed E-state index contributed by atoms with van der Waals surface area (Å²) in [7, 11) is 3.20. The van der Waals surface area contributed by atoms with Gasteiger partial charge < -0.3 is 14.2 Å². The van der Waals surface area contributed by atoms with Crippen LogP contribution >= 0.6 is 27.3 Å². The van der Waals surface area contributed by atoms with E-state index >= 15 is 0 Å². The van der Waals surface area contributed by atoms with Crippen molar-refractivity contribution >= 4 is 39.3 Å². The Balaban J connectivity index is 1.55. The van der Waals surface area contributed by atoms with Crippen LogP contribution in [0.2, 0.25) is 0 Å². The highest BCUT2D eigenvalue weighted by molar-refractivity contribution is 9.10. The predicted molar refractivity (Wildman–Crippen MR) is 177 cm³/mol. The van der Waals surface area contributed by atoms with Gasteiger partial charge in [0.05, 0.1) is 52.8 Å². The van der Waals surface area contributed by atoms with Gasteiger partial charge in [0.15, 0.2) is 4.80 Å². The molecule has 3 heterocycles. The highest BCUT2D eigenvalue weighted by atomic mass is 79.9. The molecule has 0 spiro atoms. The van der Waals surface area contributed by atoms with Gasteiger partial charge >= 0.3 is 5.97 Å². The molecule has 0 radical (unpaired) electrons. The Morgan fingerprint density at radius 3 is 2.47 bits per heavy atom. The van der Waals surface area contributed by atoms with Crippen LogP contribution in [0.5, 0.6) is 11.5 Å². The van der Waals surface area contributed by atoms with Gasteiger partial charge in [-0.05, 0) is 83.9 Å². The zero-order valence-electron chi connectivity index (χ0n) is 25.0. The van der Waals surface area contributed by atoms with E-state index in [-0.39, 0.29) is 12.2 Å². The van der Waals surface area contributed by atoms with Crippen molar-refractivity contribution in [2.45, 2.75) is 19.9 Å². The molecule has 0 amide bonds. The van der Waals surface area contributed by atoms with Gasteiger partial charge in [0.2, 0.25) is 0 Å². The molecule has 1 aliphatic rings. The summed E-state index contributed by atoms with van der Waals surface area (Å²) in [6, 6.07) is 22.1. The Hall–Kier alpha value is -4.74. The number of aromatic nitrogens is 3. The van der Waals surface area contributed by atoms with E-state index in [9.17, 15) is 9.59 Å². The molecule has 0 bridgehead atoms. The van der Waals surface area contributed by atoms with Gasteiger partial charge in [0.25, 0.3) is 5.56 Å².